The molecule has 20 heavy (non-hydrogen) atoms. The predicted molar refractivity (Wildman–Crippen MR) is 78.5 cm³/mol. The standard InChI is InChI=1S/C15H27N3O2/c1-14(2)10-11(14)12(19)17-15(13(16)18-20)8-6-4-3-5-7-9-15/h11,20H,3-10H2,1-2H3,(H2,16,18)(H,17,19). The number of carbonyl (C=O) groups excluding carboxylic acids is 1. The van der Waals surface area contributed by atoms with Crippen LogP contribution in [0.15, 0.2) is 5.16 Å². The van der Waals surface area contributed by atoms with Gasteiger partial charge in [0, 0.05) is 5.92 Å². The van der Waals surface area contributed by atoms with E-state index in [-0.39, 0.29) is 23.1 Å². The van der Waals surface area contributed by atoms with Crippen LogP contribution in [0.25, 0.3) is 0 Å². The largest absolute Gasteiger partial charge is 0.409 e. The number of nitrogens with two attached hydrogens (primary N) is 1. The zero-order chi connectivity index (χ0) is 14.8. The van der Waals surface area contributed by atoms with Crippen LogP contribution >= 0.6 is 0 Å². The molecule has 2 aliphatic rings. The van der Waals surface area contributed by atoms with Crippen LogP contribution in [-0.2, 0) is 4.79 Å². The van der Waals surface area contributed by atoms with Crippen molar-refractivity contribution < 1.29 is 10.0 Å². The van der Waals surface area contributed by atoms with Gasteiger partial charge >= 0.3 is 0 Å². The van der Waals surface area contributed by atoms with Gasteiger partial charge in [-0.3, -0.25) is 4.79 Å². The molecule has 0 spiro atoms. The van der Waals surface area contributed by atoms with Crippen molar-refractivity contribution in [1.29, 1.82) is 0 Å². The molecule has 2 aliphatic carbocycles. The van der Waals surface area contributed by atoms with Gasteiger partial charge in [-0.25, -0.2) is 0 Å². The Bertz CT molecular complexity index is 396. The fraction of sp³-hybridized carbons (Fsp3) is 0.867. The Hall–Kier alpha value is -1.26. The van der Waals surface area contributed by atoms with Crippen LogP contribution in [0, 0.1) is 11.3 Å². The molecule has 0 aromatic carbocycles. The zero-order valence-electron chi connectivity index (χ0n) is 12.6. The van der Waals surface area contributed by atoms with E-state index < -0.39 is 5.54 Å². The first-order valence-corrected chi connectivity index (χ1v) is 7.71. The number of nitrogens with one attached hydrogen (secondary N) is 1. The highest BCUT2D eigenvalue weighted by molar-refractivity contribution is 5.95. The molecule has 2 saturated carbocycles. The molecule has 0 bridgehead atoms. The Kier molecular flexibility index (Phi) is 4.25. The molecular weight excluding hydrogens is 254 g/mol. The van der Waals surface area contributed by atoms with Gasteiger partial charge in [0.15, 0.2) is 5.84 Å². The highest BCUT2D eigenvalue weighted by Gasteiger charge is 2.52. The lowest BCUT2D eigenvalue weighted by molar-refractivity contribution is -0.124. The second-order valence-corrected chi connectivity index (χ2v) is 7.07. The molecule has 5 nitrogen and oxygen atoms in total. The summed E-state index contributed by atoms with van der Waals surface area (Å²) in [5.74, 6) is 0.282. The van der Waals surface area contributed by atoms with Crippen LogP contribution in [-0.4, -0.2) is 22.5 Å². The fourth-order valence-electron chi connectivity index (χ4n) is 3.29. The van der Waals surface area contributed by atoms with Crippen molar-refractivity contribution in [2.24, 2.45) is 22.2 Å². The van der Waals surface area contributed by atoms with Gasteiger partial charge in [-0.1, -0.05) is 51.1 Å². The third-order valence-electron chi connectivity index (χ3n) is 5.00. The summed E-state index contributed by atoms with van der Waals surface area (Å²) in [5, 5.41) is 15.4. The van der Waals surface area contributed by atoms with Crippen molar-refractivity contribution in [2.45, 2.75) is 70.8 Å². The molecule has 2 rings (SSSR count). The average molecular weight is 281 g/mol. The highest BCUT2D eigenvalue weighted by atomic mass is 16.4. The lowest BCUT2D eigenvalue weighted by atomic mass is 9.82. The minimum absolute atomic E-state index is 0.0576. The maximum Gasteiger partial charge on any atom is 0.224 e. The molecule has 1 atom stereocenters. The SMILES string of the molecule is CC1(C)CC1C(=O)NC1(C(N)=NO)CCCCCCC1. The summed E-state index contributed by atoms with van der Waals surface area (Å²) in [6, 6.07) is 0. The van der Waals surface area contributed by atoms with Crippen LogP contribution < -0.4 is 11.1 Å². The van der Waals surface area contributed by atoms with Gasteiger partial charge in [0.05, 0.1) is 0 Å². The lowest BCUT2D eigenvalue weighted by Crippen LogP contribution is -2.58. The van der Waals surface area contributed by atoms with Gasteiger partial charge < -0.3 is 16.3 Å². The fourth-order valence-corrected chi connectivity index (χ4v) is 3.29. The monoisotopic (exact) mass is 281 g/mol. The second kappa shape index (κ2) is 5.62. The average Bonchev–Trinajstić information content (AvgIpc) is 3.01. The molecule has 0 aliphatic heterocycles. The van der Waals surface area contributed by atoms with E-state index in [4.69, 9.17) is 10.9 Å². The van der Waals surface area contributed by atoms with E-state index in [1.54, 1.807) is 0 Å². The number of hydrogen-bond acceptors (Lipinski definition) is 3. The quantitative estimate of drug-likeness (QED) is 0.321. The zero-order valence-corrected chi connectivity index (χ0v) is 12.6. The number of hydrogen-bond donors (Lipinski definition) is 3. The van der Waals surface area contributed by atoms with E-state index in [1.165, 1.54) is 6.42 Å². The molecule has 114 valence electrons. The summed E-state index contributed by atoms with van der Waals surface area (Å²) in [4.78, 5) is 12.4. The van der Waals surface area contributed by atoms with E-state index in [0.717, 1.165) is 44.9 Å². The number of amides is 1. The molecule has 2 fully saturated rings. The summed E-state index contributed by atoms with van der Waals surface area (Å²) in [6.07, 6.45) is 7.98. The summed E-state index contributed by atoms with van der Waals surface area (Å²) in [5.41, 5.74) is 5.37. The second-order valence-electron chi connectivity index (χ2n) is 7.07. The van der Waals surface area contributed by atoms with E-state index in [0.29, 0.717) is 0 Å². The molecule has 0 saturated heterocycles. The third-order valence-corrected chi connectivity index (χ3v) is 5.00. The van der Waals surface area contributed by atoms with E-state index in [2.05, 4.69) is 24.3 Å². The van der Waals surface area contributed by atoms with Crippen LogP contribution in [0.5, 0.6) is 0 Å². The van der Waals surface area contributed by atoms with E-state index >= 15 is 0 Å². The van der Waals surface area contributed by atoms with Gasteiger partial charge in [-0.15, -0.1) is 0 Å². The number of oxime groups is 1. The Morgan fingerprint density at radius 2 is 1.70 bits per heavy atom. The van der Waals surface area contributed by atoms with Gasteiger partial charge in [-0.2, -0.15) is 0 Å². The van der Waals surface area contributed by atoms with Gasteiger partial charge in [0.2, 0.25) is 5.91 Å². The summed E-state index contributed by atoms with van der Waals surface area (Å²) in [7, 11) is 0. The smallest absolute Gasteiger partial charge is 0.224 e. The van der Waals surface area contributed by atoms with Crippen LogP contribution in [0.1, 0.15) is 65.2 Å². The van der Waals surface area contributed by atoms with Crippen LogP contribution in [0.3, 0.4) is 0 Å². The minimum Gasteiger partial charge on any atom is -0.409 e. The molecule has 0 aromatic heterocycles. The van der Waals surface area contributed by atoms with Crippen molar-refractivity contribution in [3.05, 3.63) is 0 Å². The Morgan fingerprint density at radius 3 is 2.15 bits per heavy atom. The molecule has 1 amide bonds. The molecular formula is C15H27N3O2. The molecule has 4 N–H and O–H groups in total. The maximum atomic E-state index is 12.4. The van der Waals surface area contributed by atoms with Gasteiger partial charge in [0.1, 0.15) is 5.54 Å². The maximum absolute atomic E-state index is 12.4. The normalized spacial score (nSPS) is 29.1. The number of nitrogens with zero attached hydrogens (tertiary/aromatic N) is 1. The lowest BCUT2D eigenvalue weighted by Gasteiger charge is -2.35. The first-order valence-electron chi connectivity index (χ1n) is 7.71. The predicted octanol–water partition coefficient (Wildman–Crippen LogP) is 2.38. The number of amidine groups is 1. The van der Waals surface area contributed by atoms with Crippen LogP contribution in [0.4, 0.5) is 0 Å². The van der Waals surface area contributed by atoms with Gasteiger partial charge in [0.25, 0.3) is 0 Å². The highest BCUT2D eigenvalue weighted by Crippen LogP contribution is 2.52. The minimum atomic E-state index is -0.648. The first-order chi connectivity index (χ1) is 9.41. The molecule has 5 heteroatoms. The van der Waals surface area contributed by atoms with E-state index in [9.17, 15) is 4.79 Å². The summed E-state index contributed by atoms with van der Waals surface area (Å²) >= 11 is 0. The first kappa shape index (κ1) is 15.1. The molecule has 0 aromatic rings. The van der Waals surface area contributed by atoms with Crippen molar-refractivity contribution >= 4 is 11.7 Å². The molecule has 0 heterocycles. The van der Waals surface area contributed by atoms with Crippen molar-refractivity contribution in [2.75, 3.05) is 0 Å². The Labute approximate surface area is 121 Å². The number of rotatable bonds is 3. The number of carbonyl (C=O) groups is 1. The van der Waals surface area contributed by atoms with E-state index in [1.807, 2.05) is 0 Å². The van der Waals surface area contributed by atoms with Crippen molar-refractivity contribution in [1.82, 2.24) is 5.32 Å². The third kappa shape index (κ3) is 3.07. The summed E-state index contributed by atoms with van der Waals surface area (Å²) < 4.78 is 0. The topological polar surface area (TPSA) is 87.7 Å². The Balaban J connectivity index is 2.12. The summed E-state index contributed by atoms with van der Waals surface area (Å²) in [6.45, 7) is 4.21. The molecule has 0 radical (unpaired) electrons. The van der Waals surface area contributed by atoms with Crippen molar-refractivity contribution in [3.8, 4) is 0 Å². The van der Waals surface area contributed by atoms with Crippen LogP contribution in [0.2, 0.25) is 0 Å². The van der Waals surface area contributed by atoms with Gasteiger partial charge in [-0.05, 0) is 24.7 Å². The van der Waals surface area contributed by atoms with Crippen molar-refractivity contribution in [3.63, 3.8) is 0 Å². The molecule has 1 unspecified atom stereocenters. The Morgan fingerprint density at radius 1 is 1.20 bits per heavy atom.